The maximum Gasteiger partial charge on any atom is 0.162 e. The van der Waals surface area contributed by atoms with Gasteiger partial charge >= 0.3 is 0 Å². The Morgan fingerprint density at radius 3 is 2.24 bits per heavy atom. The maximum absolute atomic E-state index is 12.2. The Kier molecular flexibility index (Phi) is 10.7. The highest BCUT2D eigenvalue weighted by Crippen LogP contribution is 2.26. The summed E-state index contributed by atoms with van der Waals surface area (Å²) in [5.74, 6) is 0.221. The Hall–Kier alpha value is -1.59. The molecule has 2 aromatic rings. The third kappa shape index (κ3) is 6.19. The van der Waals surface area contributed by atoms with Crippen LogP contribution in [0.1, 0.15) is 40.9 Å². The van der Waals surface area contributed by atoms with Gasteiger partial charge in [0.2, 0.25) is 0 Å². The number of methoxy groups -OCH3 is 1. The lowest BCUT2D eigenvalue weighted by Gasteiger charge is -2.38. The zero-order valence-corrected chi connectivity index (χ0v) is 19.1. The second-order valence-corrected chi connectivity index (χ2v) is 7.15. The molecule has 0 bridgehead atoms. The lowest BCUT2D eigenvalue weighted by molar-refractivity contribution is 0.0615. The van der Waals surface area contributed by atoms with Gasteiger partial charge in [0, 0.05) is 57.5 Å². The van der Waals surface area contributed by atoms with Crippen molar-refractivity contribution < 1.29 is 9.53 Å². The predicted octanol–water partition coefficient (Wildman–Crippen LogP) is 4.94. The number of piperazine rings is 1. The highest BCUT2D eigenvalue weighted by molar-refractivity contribution is 5.98. The normalized spacial score (nSPS) is 15.2. The SMILES string of the molecule is CCC(=O)c1cccc(N2CCN(CC(OC)c3ccccc3)CC2)c1C.Cl.Cl. The molecular weight excluding hydrogens is 407 g/mol. The fourth-order valence-corrected chi connectivity index (χ4v) is 3.85. The number of carbonyl (C=O) groups excluding carboxylic acids is 1. The van der Waals surface area contributed by atoms with Gasteiger partial charge in [-0.1, -0.05) is 49.4 Å². The van der Waals surface area contributed by atoms with E-state index in [1.807, 2.05) is 25.1 Å². The van der Waals surface area contributed by atoms with E-state index < -0.39 is 0 Å². The molecule has 6 heteroatoms. The summed E-state index contributed by atoms with van der Waals surface area (Å²) in [6, 6.07) is 16.5. The third-order valence-corrected chi connectivity index (χ3v) is 5.52. The zero-order chi connectivity index (χ0) is 19.2. The van der Waals surface area contributed by atoms with Gasteiger partial charge in [0.15, 0.2) is 5.78 Å². The average molecular weight is 439 g/mol. The molecule has 1 heterocycles. The standard InChI is InChI=1S/C23H30N2O2.2ClH/c1-4-22(26)20-11-8-12-21(18(20)2)25-15-13-24(14-16-25)17-23(27-3)19-9-6-5-7-10-19;;/h5-12,23H,4,13-17H2,1-3H3;2*1H. The van der Waals surface area contributed by atoms with Crippen molar-refractivity contribution in [2.75, 3.05) is 44.7 Å². The number of ketones is 1. The largest absolute Gasteiger partial charge is 0.375 e. The minimum Gasteiger partial charge on any atom is -0.375 e. The molecule has 1 aliphatic heterocycles. The van der Waals surface area contributed by atoms with Gasteiger partial charge in [-0.2, -0.15) is 0 Å². The number of carbonyl (C=O) groups is 1. The summed E-state index contributed by atoms with van der Waals surface area (Å²) < 4.78 is 5.73. The van der Waals surface area contributed by atoms with Gasteiger partial charge in [-0.3, -0.25) is 9.69 Å². The molecule has 1 fully saturated rings. The molecule has 29 heavy (non-hydrogen) atoms. The van der Waals surface area contributed by atoms with Gasteiger partial charge in [-0.15, -0.1) is 24.8 Å². The quantitative estimate of drug-likeness (QED) is 0.572. The molecule has 0 amide bonds. The van der Waals surface area contributed by atoms with Gasteiger partial charge < -0.3 is 9.64 Å². The molecule has 0 aliphatic carbocycles. The van der Waals surface area contributed by atoms with E-state index in [9.17, 15) is 4.79 Å². The molecule has 1 saturated heterocycles. The van der Waals surface area contributed by atoms with Crippen molar-refractivity contribution in [3.8, 4) is 0 Å². The summed E-state index contributed by atoms with van der Waals surface area (Å²) in [4.78, 5) is 17.0. The van der Waals surface area contributed by atoms with E-state index in [-0.39, 0.29) is 36.7 Å². The Balaban J connectivity index is 0.00000210. The first-order valence-corrected chi connectivity index (χ1v) is 9.82. The molecule has 3 rings (SSSR count). The van der Waals surface area contributed by atoms with Crippen molar-refractivity contribution in [3.05, 3.63) is 65.2 Å². The van der Waals surface area contributed by atoms with Crippen molar-refractivity contribution in [2.45, 2.75) is 26.4 Å². The van der Waals surface area contributed by atoms with Crippen molar-refractivity contribution in [2.24, 2.45) is 0 Å². The van der Waals surface area contributed by atoms with Gasteiger partial charge in [-0.05, 0) is 24.1 Å². The first-order valence-electron chi connectivity index (χ1n) is 9.82. The molecule has 0 radical (unpaired) electrons. The van der Waals surface area contributed by atoms with E-state index in [1.165, 1.54) is 11.3 Å². The average Bonchev–Trinajstić information content (AvgIpc) is 2.73. The molecule has 0 aromatic heterocycles. The van der Waals surface area contributed by atoms with Crippen LogP contribution in [0.2, 0.25) is 0 Å². The second-order valence-electron chi connectivity index (χ2n) is 7.15. The number of Topliss-reactive ketones (excluding diaryl/α,β-unsaturated/α-hetero) is 1. The van der Waals surface area contributed by atoms with Crippen LogP contribution in [0.5, 0.6) is 0 Å². The van der Waals surface area contributed by atoms with Crippen molar-refractivity contribution in [1.29, 1.82) is 0 Å². The summed E-state index contributed by atoms with van der Waals surface area (Å²) in [6.45, 7) is 8.83. The molecule has 0 N–H and O–H groups in total. The minimum atomic E-state index is 0. The first-order chi connectivity index (χ1) is 13.1. The molecule has 160 valence electrons. The fourth-order valence-electron chi connectivity index (χ4n) is 3.85. The first kappa shape index (κ1) is 25.4. The summed E-state index contributed by atoms with van der Waals surface area (Å²) in [7, 11) is 1.79. The number of hydrogen-bond donors (Lipinski definition) is 0. The van der Waals surface area contributed by atoms with E-state index >= 15 is 0 Å². The Labute approximate surface area is 187 Å². The van der Waals surface area contributed by atoms with E-state index in [0.717, 1.165) is 43.9 Å². The number of rotatable bonds is 7. The van der Waals surface area contributed by atoms with Crippen LogP contribution in [0.25, 0.3) is 0 Å². The topological polar surface area (TPSA) is 32.8 Å². The maximum atomic E-state index is 12.2. The molecule has 0 saturated carbocycles. The third-order valence-electron chi connectivity index (χ3n) is 5.52. The summed E-state index contributed by atoms with van der Waals surface area (Å²) in [5, 5.41) is 0. The second kappa shape index (κ2) is 12.2. The number of anilines is 1. The molecule has 0 spiro atoms. The summed E-state index contributed by atoms with van der Waals surface area (Å²) >= 11 is 0. The Morgan fingerprint density at radius 2 is 1.66 bits per heavy atom. The molecule has 1 aliphatic rings. The van der Waals surface area contributed by atoms with Crippen LogP contribution in [0.15, 0.2) is 48.5 Å². The van der Waals surface area contributed by atoms with Crippen molar-refractivity contribution >= 4 is 36.3 Å². The van der Waals surface area contributed by atoms with Crippen LogP contribution in [-0.2, 0) is 4.74 Å². The summed E-state index contributed by atoms with van der Waals surface area (Å²) in [6.07, 6.45) is 0.653. The highest BCUT2D eigenvalue weighted by Gasteiger charge is 2.23. The smallest absolute Gasteiger partial charge is 0.162 e. The molecule has 1 atom stereocenters. The monoisotopic (exact) mass is 438 g/mol. The van der Waals surface area contributed by atoms with Gasteiger partial charge in [0.25, 0.3) is 0 Å². The molecular formula is C23H32Cl2N2O2. The number of nitrogens with zero attached hydrogens (tertiary/aromatic N) is 2. The molecule has 1 unspecified atom stereocenters. The van der Waals surface area contributed by atoms with Gasteiger partial charge in [-0.25, -0.2) is 0 Å². The van der Waals surface area contributed by atoms with Crippen LogP contribution >= 0.6 is 24.8 Å². The van der Waals surface area contributed by atoms with Crippen LogP contribution < -0.4 is 4.90 Å². The van der Waals surface area contributed by atoms with Gasteiger partial charge in [0.1, 0.15) is 0 Å². The van der Waals surface area contributed by atoms with Crippen LogP contribution in [0.3, 0.4) is 0 Å². The van der Waals surface area contributed by atoms with E-state index in [0.29, 0.717) is 6.42 Å². The van der Waals surface area contributed by atoms with E-state index in [4.69, 9.17) is 4.74 Å². The number of ether oxygens (including phenoxy) is 1. The minimum absolute atomic E-state index is 0. The Bertz CT molecular complexity index is 763. The van der Waals surface area contributed by atoms with Crippen LogP contribution in [0.4, 0.5) is 5.69 Å². The molecule has 4 nitrogen and oxygen atoms in total. The van der Waals surface area contributed by atoms with Gasteiger partial charge in [0.05, 0.1) is 6.10 Å². The van der Waals surface area contributed by atoms with Crippen LogP contribution in [0, 0.1) is 6.92 Å². The number of hydrogen-bond acceptors (Lipinski definition) is 4. The van der Waals surface area contributed by atoms with Crippen LogP contribution in [-0.4, -0.2) is 50.5 Å². The predicted molar refractivity (Wildman–Crippen MR) is 125 cm³/mol. The summed E-state index contributed by atoms with van der Waals surface area (Å²) in [5.41, 5.74) is 4.39. The van der Waals surface area contributed by atoms with E-state index in [2.05, 4.69) is 47.1 Å². The molecule has 2 aromatic carbocycles. The lowest BCUT2D eigenvalue weighted by Crippen LogP contribution is -2.48. The van der Waals surface area contributed by atoms with Crippen molar-refractivity contribution in [3.63, 3.8) is 0 Å². The van der Waals surface area contributed by atoms with Crippen molar-refractivity contribution in [1.82, 2.24) is 4.90 Å². The number of halogens is 2. The van der Waals surface area contributed by atoms with E-state index in [1.54, 1.807) is 7.11 Å². The zero-order valence-electron chi connectivity index (χ0n) is 17.5. The number of benzene rings is 2. The highest BCUT2D eigenvalue weighted by atomic mass is 35.5. The Morgan fingerprint density at radius 1 is 1.00 bits per heavy atom. The fraction of sp³-hybridized carbons (Fsp3) is 0.435. The lowest BCUT2D eigenvalue weighted by atomic mass is 10.0.